The highest BCUT2D eigenvalue weighted by atomic mass is 14.9. The minimum Gasteiger partial charge on any atom is -0.228 e. The normalized spacial score (nSPS) is 13.1. The fourth-order valence-corrected chi connectivity index (χ4v) is 8.19. The van der Waals surface area contributed by atoms with Crippen LogP contribution in [0, 0.1) is 0 Å². The molecule has 1 heterocycles. The van der Waals surface area contributed by atoms with Crippen LogP contribution >= 0.6 is 0 Å². The Morgan fingerprint density at radius 2 is 0.980 bits per heavy atom. The molecule has 9 aromatic rings. The van der Waals surface area contributed by atoms with Gasteiger partial charge in [-0.2, -0.15) is 0 Å². The van der Waals surface area contributed by atoms with E-state index in [1.54, 1.807) is 0 Å². The lowest BCUT2D eigenvalue weighted by molar-refractivity contribution is 0.661. The van der Waals surface area contributed by atoms with E-state index in [1.165, 1.54) is 65.7 Å². The zero-order valence-electron chi connectivity index (χ0n) is 28.6. The van der Waals surface area contributed by atoms with Gasteiger partial charge >= 0.3 is 0 Å². The van der Waals surface area contributed by atoms with Gasteiger partial charge in [0.2, 0.25) is 0 Å². The van der Waals surface area contributed by atoms with Gasteiger partial charge < -0.3 is 0 Å². The van der Waals surface area contributed by atoms with Crippen molar-refractivity contribution in [1.29, 1.82) is 0 Å². The standard InChI is InChI=1S/C49H34N2/c1-49(2)43-21-11-20-41(47(43)42-28-33-15-6-7-16-34(33)29-44(42)49)46-30-45(50-48(51-46)32-13-4-3-5-14-32)38-25-23-35-26-37(24-22-36(35)27-38)40-19-10-17-31-12-8-9-18-39(31)40/h3-30H,1-2H3. The summed E-state index contributed by atoms with van der Waals surface area (Å²) >= 11 is 0. The average Bonchev–Trinajstić information content (AvgIpc) is 3.41. The Balaban J connectivity index is 1.14. The van der Waals surface area contributed by atoms with Gasteiger partial charge in [-0.15, -0.1) is 0 Å². The van der Waals surface area contributed by atoms with Crippen LogP contribution in [0.15, 0.2) is 170 Å². The quantitative estimate of drug-likeness (QED) is 0.189. The molecule has 0 radical (unpaired) electrons. The molecule has 10 rings (SSSR count). The molecule has 51 heavy (non-hydrogen) atoms. The first-order valence-electron chi connectivity index (χ1n) is 17.7. The van der Waals surface area contributed by atoms with Gasteiger partial charge in [-0.25, -0.2) is 9.97 Å². The second-order valence-corrected chi connectivity index (χ2v) is 14.2. The Kier molecular flexibility index (Phi) is 6.56. The molecule has 240 valence electrons. The van der Waals surface area contributed by atoms with E-state index in [9.17, 15) is 0 Å². The summed E-state index contributed by atoms with van der Waals surface area (Å²) in [5.74, 6) is 0.725. The summed E-state index contributed by atoms with van der Waals surface area (Å²) in [5.41, 5.74) is 12.6. The Bertz CT molecular complexity index is 2820. The maximum atomic E-state index is 5.28. The average molecular weight is 651 g/mol. The highest BCUT2D eigenvalue weighted by molar-refractivity contribution is 6.01. The van der Waals surface area contributed by atoms with Crippen molar-refractivity contribution in [2.24, 2.45) is 0 Å². The number of fused-ring (bicyclic) bond motifs is 6. The van der Waals surface area contributed by atoms with Crippen molar-refractivity contribution >= 4 is 32.3 Å². The summed E-state index contributed by atoms with van der Waals surface area (Å²) in [6.45, 7) is 4.69. The van der Waals surface area contributed by atoms with Gasteiger partial charge in [0.05, 0.1) is 11.4 Å². The molecule has 0 unspecified atom stereocenters. The molecule has 1 aliphatic rings. The van der Waals surface area contributed by atoms with Crippen LogP contribution in [0.2, 0.25) is 0 Å². The lowest BCUT2D eigenvalue weighted by atomic mass is 9.81. The molecule has 0 saturated heterocycles. The van der Waals surface area contributed by atoms with Gasteiger partial charge in [0.15, 0.2) is 5.82 Å². The third kappa shape index (κ3) is 4.79. The van der Waals surface area contributed by atoms with Gasteiger partial charge in [0.1, 0.15) is 0 Å². The van der Waals surface area contributed by atoms with Crippen molar-refractivity contribution in [3.63, 3.8) is 0 Å². The minimum absolute atomic E-state index is 0.133. The van der Waals surface area contributed by atoms with Crippen LogP contribution in [0.1, 0.15) is 25.0 Å². The van der Waals surface area contributed by atoms with Crippen molar-refractivity contribution in [2.45, 2.75) is 19.3 Å². The molecule has 0 aliphatic heterocycles. The highest BCUT2D eigenvalue weighted by Crippen LogP contribution is 2.53. The lowest BCUT2D eigenvalue weighted by Gasteiger charge is -2.22. The Hall–Kier alpha value is -6.38. The van der Waals surface area contributed by atoms with Gasteiger partial charge in [-0.1, -0.05) is 153 Å². The second kappa shape index (κ2) is 11.3. The first-order valence-corrected chi connectivity index (χ1v) is 17.7. The summed E-state index contributed by atoms with van der Waals surface area (Å²) in [5, 5.41) is 7.43. The summed E-state index contributed by atoms with van der Waals surface area (Å²) < 4.78 is 0. The SMILES string of the molecule is CC1(C)c2cc3ccccc3cc2-c2c(-c3cc(-c4ccc5cc(-c6cccc7ccccc67)ccc5c4)nc(-c4ccccc4)n3)cccc21. The summed E-state index contributed by atoms with van der Waals surface area (Å²) in [6, 6.07) is 61.3. The van der Waals surface area contributed by atoms with E-state index >= 15 is 0 Å². The molecular formula is C49H34N2. The molecule has 0 fully saturated rings. The molecule has 0 N–H and O–H groups in total. The van der Waals surface area contributed by atoms with E-state index in [2.05, 4.69) is 178 Å². The zero-order chi connectivity index (χ0) is 34.1. The molecule has 1 aromatic heterocycles. The van der Waals surface area contributed by atoms with Crippen LogP contribution in [0.5, 0.6) is 0 Å². The summed E-state index contributed by atoms with van der Waals surface area (Å²) in [6.07, 6.45) is 0. The van der Waals surface area contributed by atoms with Crippen LogP contribution in [0.4, 0.5) is 0 Å². The third-order valence-corrected chi connectivity index (χ3v) is 10.8. The molecule has 2 heteroatoms. The number of hydrogen-bond donors (Lipinski definition) is 0. The molecule has 0 saturated carbocycles. The van der Waals surface area contributed by atoms with Crippen LogP contribution < -0.4 is 0 Å². The minimum atomic E-state index is -0.133. The molecule has 0 atom stereocenters. The van der Waals surface area contributed by atoms with Crippen LogP contribution in [0.3, 0.4) is 0 Å². The molecular weight excluding hydrogens is 617 g/mol. The fraction of sp³-hybridized carbons (Fsp3) is 0.0612. The second-order valence-electron chi connectivity index (χ2n) is 14.2. The molecule has 2 nitrogen and oxygen atoms in total. The van der Waals surface area contributed by atoms with E-state index in [0.29, 0.717) is 0 Å². The van der Waals surface area contributed by atoms with Gasteiger partial charge in [0, 0.05) is 22.1 Å². The van der Waals surface area contributed by atoms with E-state index in [1.807, 2.05) is 6.07 Å². The fourth-order valence-electron chi connectivity index (χ4n) is 8.19. The predicted molar refractivity (Wildman–Crippen MR) is 214 cm³/mol. The Morgan fingerprint density at radius 3 is 1.80 bits per heavy atom. The van der Waals surface area contributed by atoms with Crippen molar-refractivity contribution in [2.75, 3.05) is 0 Å². The third-order valence-electron chi connectivity index (χ3n) is 10.8. The smallest absolute Gasteiger partial charge is 0.160 e. The number of aromatic nitrogens is 2. The van der Waals surface area contributed by atoms with Crippen LogP contribution in [-0.2, 0) is 5.41 Å². The Labute approximate surface area is 297 Å². The first kappa shape index (κ1) is 29.5. The Morgan fingerprint density at radius 1 is 0.373 bits per heavy atom. The molecule has 1 aliphatic carbocycles. The van der Waals surface area contributed by atoms with E-state index in [4.69, 9.17) is 9.97 Å². The number of hydrogen-bond acceptors (Lipinski definition) is 2. The molecule has 0 bridgehead atoms. The van der Waals surface area contributed by atoms with Gasteiger partial charge in [-0.3, -0.25) is 0 Å². The van der Waals surface area contributed by atoms with E-state index < -0.39 is 0 Å². The van der Waals surface area contributed by atoms with E-state index in [0.717, 1.165) is 33.9 Å². The lowest BCUT2D eigenvalue weighted by Crippen LogP contribution is -2.14. The first-order chi connectivity index (χ1) is 25.0. The number of benzene rings is 8. The summed E-state index contributed by atoms with van der Waals surface area (Å²) in [7, 11) is 0. The molecule has 0 spiro atoms. The largest absolute Gasteiger partial charge is 0.228 e. The van der Waals surface area contributed by atoms with Gasteiger partial charge in [-0.05, 0) is 96.0 Å². The monoisotopic (exact) mass is 650 g/mol. The zero-order valence-corrected chi connectivity index (χ0v) is 28.6. The number of nitrogens with zero attached hydrogens (tertiary/aromatic N) is 2. The van der Waals surface area contributed by atoms with Crippen LogP contribution in [-0.4, -0.2) is 9.97 Å². The molecule has 8 aromatic carbocycles. The van der Waals surface area contributed by atoms with Crippen molar-refractivity contribution in [1.82, 2.24) is 9.97 Å². The highest BCUT2D eigenvalue weighted by Gasteiger charge is 2.37. The van der Waals surface area contributed by atoms with Crippen molar-refractivity contribution in [3.8, 4) is 56.2 Å². The maximum absolute atomic E-state index is 5.28. The summed E-state index contributed by atoms with van der Waals surface area (Å²) in [4.78, 5) is 10.5. The van der Waals surface area contributed by atoms with Crippen LogP contribution in [0.25, 0.3) is 88.5 Å². The topological polar surface area (TPSA) is 25.8 Å². The maximum Gasteiger partial charge on any atom is 0.160 e. The van der Waals surface area contributed by atoms with Gasteiger partial charge in [0.25, 0.3) is 0 Å². The molecule has 0 amide bonds. The van der Waals surface area contributed by atoms with E-state index in [-0.39, 0.29) is 5.41 Å². The van der Waals surface area contributed by atoms with Crippen molar-refractivity contribution < 1.29 is 0 Å². The number of rotatable bonds is 4. The predicted octanol–water partition coefficient (Wildman–Crippen LogP) is 12.9. The van der Waals surface area contributed by atoms with Crippen molar-refractivity contribution in [3.05, 3.63) is 181 Å².